The van der Waals surface area contributed by atoms with Crippen LogP contribution in [0.25, 0.3) is 0 Å². The van der Waals surface area contributed by atoms with Crippen LogP contribution in [0.3, 0.4) is 0 Å². The first-order valence-electron chi connectivity index (χ1n) is 11.3. The molecule has 0 aromatic heterocycles. The quantitative estimate of drug-likeness (QED) is 0.422. The number of ketones is 1. The summed E-state index contributed by atoms with van der Waals surface area (Å²) in [5.41, 5.74) is 1.47. The van der Waals surface area contributed by atoms with Gasteiger partial charge in [0, 0.05) is 5.92 Å². The number of Topliss-reactive ketones (excluding diaryl/α,β-unsaturated/α-hetero) is 1. The Morgan fingerprint density at radius 3 is 2.36 bits per heavy atom. The first-order valence-corrected chi connectivity index (χ1v) is 11.3. The summed E-state index contributed by atoms with van der Waals surface area (Å²) in [7, 11) is 0. The summed E-state index contributed by atoms with van der Waals surface area (Å²) in [4.78, 5) is 12.2. The molecule has 0 aromatic rings. The van der Waals surface area contributed by atoms with Gasteiger partial charge in [-0.25, -0.2) is 0 Å². The van der Waals surface area contributed by atoms with Gasteiger partial charge in [-0.05, 0) is 86.9 Å². The molecule has 7 atom stereocenters. The van der Waals surface area contributed by atoms with E-state index in [1.54, 1.807) is 6.92 Å². The second kappa shape index (κ2) is 7.47. The minimum atomic E-state index is -4.04. The van der Waals surface area contributed by atoms with Crippen molar-refractivity contribution in [3.05, 3.63) is 11.6 Å². The van der Waals surface area contributed by atoms with Crippen molar-refractivity contribution in [1.82, 2.24) is 0 Å². The Bertz CT molecular complexity index is 636. The fraction of sp³-hybridized carbons (Fsp3) is 0.875. The smallest absolute Gasteiger partial charge is 0.300 e. The zero-order valence-electron chi connectivity index (χ0n) is 18.2. The number of alkyl halides is 3. The molecule has 0 aromatic carbocycles. The lowest BCUT2D eigenvalue weighted by Crippen LogP contribution is -2.49. The summed E-state index contributed by atoms with van der Waals surface area (Å²) < 4.78 is 39.8. The van der Waals surface area contributed by atoms with Gasteiger partial charge >= 0.3 is 6.18 Å². The fourth-order valence-corrected chi connectivity index (χ4v) is 7.49. The Morgan fingerprint density at radius 2 is 1.75 bits per heavy atom. The van der Waals surface area contributed by atoms with E-state index in [4.69, 9.17) is 0 Å². The fourth-order valence-electron chi connectivity index (χ4n) is 7.49. The second-order valence-electron chi connectivity index (χ2n) is 10.0. The molecule has 4 heteroatoms. The van der Waals surface area contributed by atoms with Gasteiger partial charge in [-0.1, -0.05) is 39.3 Å². The van der Waals surface area contributed by atoms with E-state index in [-0.39, 0.29) is 29.1 Å². The molecule has 3 saturated carbocycles. The number of rotatable bonds is 1. The molecule has 0 amide bonds. The van der Waals surface area contributed by atoms with E-state index in [0.29, 0.717) is 30.5 Å². The van der Waals surface area contributed by atoms with Gasteiger partial charge in [0.15, 0.2) is 0 Å². The SMILES string of the molecule is CC.CC(=O)C1CCC2C3CCC4CC(C(F)(F)F)CCC4(C)C3=CCC12C. The largest absolute Gasteiger partial charge is 0.391 e. The van der Waals surface area contributed by atoms with Crippen LogP contribution in [0.4, 0.5) is 13.2 Å². The third kappa shape index (κ3) is 3.27. The zero-order chi connectivity index (χ0) is 20.9. The van der Waals surface area contributed by atoms with Gasteiger partial charge in [-0.15, -0.1) is 0 Å². The third-order valence-electron chi connectivity index (χ3n) is 8.98. The Labute approximate surface area is 168 Å². The van der Waals surface area contributed by atoms with Crippen LogP contribution in [0, 0.1) is 40.4 Å². The van der Waals surface area contributed by atoms with Crippen molar-refractivity contribution >= 4 is 5.78 Å². The number of halogens is 3. The van der Waals surface area contributed by atoms with E-state index in [1.807, 2.05) is 13.8 Å². The molecule has 0 heterocycles. The molecule has 0 aliphatic heterocycles. The van der Waals surface area contributed by atoms with E-state index in [2.05, 4.69) is 19.9 Å². The van der Waals surface area contributed by atoms with Gasteiger partial charge in [-0.3, -0.25) is 4.79 Å². The Kier molecular flexibility index (Phi) is 5.84. The van der Waals surface area contributed by atoms with Crippen molar-refractivity contribution < 1.29 is 18.0 Å². The van der Waals surface area contributed by atoms with E-state index in [9.17, 15) is 18.0 Å². The molecular formula is C24H37F3O. The second-order valence-corrected chi connectivity index (χ2v) is 10.0. The first kappa shape index (κ1) is 21.9. The lowest BCUT2D eigenvalue weighted by Gasteiger charge is -2.57. The minimum absolute atomic E-state index is 0.0553. The normalized spacial score (nSPS) is 45.0. The van der Waals surface area contributed by atoms with E-state index < -0.39 is 12.1 Å². The highest BCUT2D eigenvalue weighted by molar-refractivity contribution is 5.79. The van der Waals surface area contributed by atoms with Crippen LogP contribution in [-0.4, -0.2) is 12.0 Å². The summed E-state index contributed by atoms with van der Waals surface area (Å²) >= 11 is 0. The summed E-state index contributed by atoms with van der Waals surface area (Å²) in [5.74, 6) is 0.561. The van der Waals surface area contributed by atoms with Gasteiger partial charge in [-0.2, -0.15) is 13.2 Å². The molecule has 1 nitrogen and oxygen atoms in total. The minimum Gasteiger partial charge on any atom is -0.300 e. The highest BCUT2D eigenvalue weighted by Gasteiger charge is 2.59. The van der Waals surface area contributed by atoms with Crippen LogP contribution in [0.2, 0.25) is 0 Å². The molecule has 0 spiro atoms. The van der Waals surface area contributed by atoms with Gasteiger partial charge in [0.1, 0.15) is 5.78 Å². The molecule has 4 rings (SSSR count). The molecule has 0 bridgehead atoms. The van der Waals surface area contributed by atoms with Crippen LogP contribution in [0.5, 0.6) is 0 Å². The van der Waals surface area contributed by atoms with Crippen molar-refractivity contribution in [3.8, 4) is 0 Å². The maximum Gasteiger partial charge on any atom is 0.391 e. The van der Waals surface area contributed by atoms with Crippen LogP contribution in [-0.2, 0) is 4.79 Å². The van der Waals surface area contributed by atoms with Crippen LogP contribution >= 0.6 is 0 Å². The van der Waals surface area contributed by atoms with E-state index >= 15 is 0 Å². The van der Waals surface area contributed by atoms with Gasteiger partial charge in [0.25, 0.3) is 0 Å². The predicted molar refractivity (Wildman–Crippen MR) is 107 cm³/mol. The molecule has 0 N–H and O–H groups in total. The Hall–Kier alpha value is -0.800. The van der Waals surface area contributed by atoms with Gasteiger partial charge in [0.05, 0.1) is 5.92 Å². The molecule has 28 heavy (non-hydrogen) atoms. The molecule has 7 unspecified atom stereocenters. The number of carbonyl (C=O) groups is 1. The van der Waals surface area contributed by atoms with Gasteiger partial charge in [0.2, 0.25) is 0 Å². The predicted octanol–water partition coefficient (Wildman–Crippen LogP) is 7.36. The molecule has 4 aliphatic carbocycles. The zero-order valence-corrected chi connectivity index (χ0v) is 18.2. The summed E-state index contributed by atoms with van der Waals surface area (Å²) in [5, 5.41) is 0. The third-order valence-corrected chi connectivity index (χ3v) is 8.98. The monoisotopic (exact) mass is 398 g/mol. The lowest BCUT2D eigenvalue weighted by molar-refractivity contribution is -0.194. The molecule has 0 radical (unpaired) electrons. The number of hydrogen-bond acceptors (Lipinski definition) is 1. The maximum absolute atomic E-state index is 13.3. The average molecular weight is 399 g/mol. The number of carbonyl (C=O) groups excluding carboxylic acids is 1. The number of allylic oxidation sites excluding steroid dienone is 2. The lowest BCUT2D eigenvalue weighted by atomic mass is 9.48. The Morgan fingerprint density at radius 1 is 1.07 bits per heavy atom. The molecule has 4 aliphatic rings. The van der Waals surface area contributed by atoms with Crippen molar-refractivity contribution in [2.24, 2.45) is 40.4 Å². The van der Waals surface area contributed by atoms with Crippen molar-refractivity contribution in [2.75, 3.05) is 0 Å². The van der Waals surface area contributed by atoms with Gasteiger partial charge < -0.3 is 0 Å². The van der Waals surface area contributed by atoms with E-state index in [1.165, 1.54) is 5.57 Å². The number of fused-ring (bicyclic) bond motifs is 5. The van der Waals surface area contributed by atoms with E-state index in [0.717, 1.165) is 32.1 Å². The average Bonchev–Trinajstić information content (AvgIpc) is 2.99. The summed E-state index contributed by atoms with van der Waals surface area (Å²) in [6, 6.07) is 0. The highest BCUT2D eigenvalue weighted by Crippen LogP contribution is 2.66. The van der Waals surface area contributed by atoms with Crippen molar-refractivity contribution in [2.45, 2.75) is 92.2 Å². The Balaban J connectivity index is 0.00000109. The first-order chi connectivity index (χ1) is 13.1. The van der Waals surface area contributed by atoms with Crippen LogP contribution < -0.4 is 0 Å². The highest BCUT2D eigenvalue weighted by atomic mass is 19.4. The molecular weight excluding hydrogens is 361 g/mol. The standard InChI is InChI=1S/C22H31F3O.C2H6/c1-13(26)17-6-7-18-16-5-4-14-12-15(22(23,24)25)8-10-20(14,2)19(16)9-11-21(17,18)3;1-2/h9,14-18H,4-8,10-12H2,1-3H3;1-2H3. The summed E-state index contributed by atoms with van der Waals surface area (Å²) in [6.45, 7) is 10.3. The topological polar surface area (TPSA) is 17.1 Å². The molecule has 3 fully saturated rings. The van der Waals surface area contributed by atoms with Crippen LogP contribution in [0.1, 0.15) is 86.0 Å². The molecule has 0 saturated heterocycles. The van der Waals surface area contributed by atoms with Crippen molar-refractivity contribution in [1.29, 1.82) is 0 Å². The number of hydrogen-bond donors (Lipinski definition) is 0. The summed E-state index contributed by atoms with van der Waals surface area (Å²) in [6.07, 6.45) is 4.53. The van der Waals surface area contributed by atoms with Crippen LogP contribution in [0.15, 0.2) is 11.6 Å². The molecule has 160 valence electrons. The van der Waals surface area contributed by atoms with Crippen molar-refractivity contribution in [3.63, 3.8) is 0 Å². The maximum atomic E-state index is 13.3.